The van der Waals surface area contributed by atoms with E-state index in [1.54, 1.807) is 24.3 Å². The lowest BCUT2D eigenvalue weighted by Gasteiger charge is -2.08. The number of ether oxygens (including phenoxy) is 1. The highest BCUT2D eigenvalue weighted by Gasteiger charge is 2.05. The van der Waals surface area contributed by atoms with Gasteiger partial charge in [0.2, 0.25) is 5.88 Å². The first-order valence-corrected chi connectivity index (χ1v) is 7.46. The van der Waals surface area contributed by atoms with Gasteiger partial charge < -0.3 is 15.4 Å². The van der Waals surface area contributed by atoms with E-state index in [1.165, 1.54) is 31.4 Å². The number of halogens is 1. The SMILES string of the molecule is COc1ccc(-c2ccc(NC(=O)Nc3ccc(F)cc3)cc2)nn1. The molecular weight excluding hydrogens is 323 g/mol. The molecule has 1 heterocycles. The Morgan fingerprint density at radius 1 is 0.880 bits per heavy atom. The average Bonchev–Trinajstić information content (AvgIpc) is 2.64. The van der Waals surface area contributed by atoms with Crippen LogP contribution in [-0.2, 0) is 0 Å². The van der Waals surface area contributed by atoms with Gasteiger partial charge in [-0.1, -0.05) is 12.1 Å². The van der Waals surface area contributed by atoms with E-state index in [0.717, 1.165) is 5.56 Å². The van der Waals surface area contributed by atoms with Gasteiger partial charge >= 0.3 is 6.03 Å². The fourth-order valence-electron chi connectivity index (χ4n) is 2.13. The van der Waals surface area contributed by atoms with Crippen molar-refractivity contribution in [1.82, 2.24) is 10.2 Å². The fourth-order valence-corrected chi connectivity index (χ4v) is 2.13. The third kappa shape index (κ3) is 4.29. The second kappa shape index (κ2) is 7.39. The number of hydrogen-bond donors (Lipinski definition) is 2. The van der Waals surface area contributed by atoms with Crippen molar-refractivity contribution in [3.05, 3.63) is 66.5 Å². The molecule has 0 spiro atoms. The van der Waals surface area contributed by atoms with Crippen LogP contribution in [0.3, 0.4) is 0 Å². The predicted molar refractivity (Wildman–Crippen MR) is 93.1 cm³/mol. The monoisotopic (exact) mass is 338 g/mol. The van der Waals surface area contributed by atoms with Crippen molar-refractivity contribution in [2.45, 2.75) is 0 Å². The average molecular weight is 338 g/mol. The Balaban J connectivity index is 1.63. The zero-order valence-electron chi connectivity index (χ0n) is 13.4. The number of nitrogens with zero attached hydrogens (tertiary/aromatic N) is 2. The Labute approximate surface area is 143 Å². The van der Waals surface area contributed by atoms with Crippen molar-refractivity contribution < 1.29 is 13.9 Å². The lowest BCUT2D eigenvalue weighted by atomic mass is 10.1. The third-order valence-corrected chi connectivity index (χ3v) is 3.39. The smallest absolute Gasteiger partial charge is 0.323 e. The van der Waals surface area contributed by atoms with Gasteiger partial charge in [0.15, 0.2) is 0 Å². The summed E-state index contributed by atoms with van der Waals surface area (Å²) in [6, 6.07) is 15.8. The van der Waals surface area contributed by atoms with Gasteiger partial charge in [-0.25, -0.2) is 9.18 Å². The van der Waals surface area contributed by atoms with Gasteiger partial charge in [0.1, 0.15) is 5.82 Å². The summed E-state index contributed by atoms with van der Waals surface area (Å²) in [7, 11) is 1.53. The van der Waals surface area contributed by atoms with E-state index < -0.39 is 6.03 Å². The van der Waals surface area contributed by atoms with Gasteiger partial charge in [-0.15, -0.1) is 10.2 Å². The zero-order valence-corrected chi connectivity index (χ0v) is 13.4. The molecule has 2 aromatic carbocycles. The van der Waals surface area contributed by atoms with Crippen LogP contribution in [0, 0.1) is 5.82 Å². The van der Waals surface area contributed by atoms with Crippen molar-refractivity contribution in [3.8, 4) is 17.1 Å². The maximum atomic E-state index is 12.8. The second-order valence-corrected chi connectivity index (χ2v) is 5.12. The van der Waals surface area contributed by atoms with Crippen LogP contribution in [-0.4, -0.2) is 23.3 Å². The summed E-state index contributed by atoms with van der Waals surface area (Å²) in [6.07, 6.45) is 0. The number of rotatable bonds is 4. The van der Waals surface area contributed by atoms with Crippen LogP contribution >= 0.6 is 0 Å². The van der Waals surface area contributed by atoms with Gasteiger partial charge in [-0.05, 0) is 42.5 Å². The first-order valence-electron chi connectivity index (χ1n) is 7.46. The number of aromatic nitrogens is 2. The fraction of sp³-hybridized carbons (Fsp3) is 0.0556. The van der Waals surface area contributed by atoms with E-state index >= 15 is 0 Å². The van der Waals surface area contributed by atoms with Crippen LogP contribution in [0.1, 0.15) is 0 Å². The predicted octanol–water partition coefficient (Wildman–Crippen LogP) is 3.94. The quantitative estimate of drug-likeness (QED) is 0.755. The molecule has 0 unspecified atom stereocenters. The first kappa shape index (κ1) is 16.4. The highest BCUT2D eigenvalue weighted by molar-refractivity contribution is 5.99. The van der Waals surface area contributed by atoms with Gasteiger partial charge in [0, 0.05) is 23.0 Å². The molecule has 0 bridgehead atoms. The van der Waals surface area contributed by atoms with E-state index in [9.17, 15) is 9.18 Å². The van der Waals surface area contributed by atoms with Crippen LogP contribution in [0.4, 0.5) is 20.6 Å². The van der Waals surface area contributed by atoms with Crippen LogP contribution < -0.4 is 15.4 Å². The number of benzene rings is 2. The molecule has 3 aromatic rings. The Bertz CT molecular complexity index is 850. The molecule has 126 valence electrons. The van der Waals surface area contributed by atoms with E-state index in [4.69, 9.17) is 4.74 Å². The molecule has 25 heavy (non-hydrogen) atoms. The van der Waals surface area contributed by atoms with Crippen LogP contribution in [0.5, 0.6) is 5.88 Å². The highest BCUT2D eigenvalue weighted by Crippen LogP contribution is 2.20. The molecule has 2 N–H and O–H groups in total. The van der Waals surface area contributed by atoms with Gasteiger partial charge in [-0.2, -0.15) is 0 Å². The van der Waals surface area contributed by atoms with Gasteiger partial charge in [0.25, 0.3) is 0 Å². The summed E-state index contributed by atoms with van der Waals surface area (Å²) in [5.74, 6) is 0.0858. The second-order valence-electron chi connectivity index (χ2n) is 5.12. The van der Waals surface area contributed by atoms with Crippen LogP contribution in [0.15, 0.2) is 60.7 Å². The number of carbonyl (C=O) groups is 1. The van der Waals surface area contributed by atoms with Crippen molar-refractivity contribution in [1.29, 1.82) is 0 Å². The lowest BCUT2D eigenvalue weighted by Crippen LogP contribution is -2.19. The van der Waals surface area contributed by atoms with Crippen LogP contribution in [0.25, 0.3) is 11.3 Å². The molecule has 7 heteroatoms. The zero-order chi connectivity index (χ0) is 17.6. The van der Waals surface area contributed by atoms with Crippen molar-refractivity contribution in [2.75, 3.05) is 17.7 Å². The summed E-state index contributed by atoms with van der Waals surface area (Å²) in [6.45, 7) is 0. The van der Waals surface area contributed by atoms with E-state index in [1.807, 2.05) is 12.1 Å². The normalized spacial score (nSPS) is 10.2. The minimum absolute atomic E-state index is 0.358. The number of carbonyl (C=O) groups excluding carboxylic acids is 1. The molecule has 0 aliphatic heterocycles. The molecule has 0 radical (unpaired) electrons. The Morgan fingerprint density at radius 3 is 2.00 bits per heavy atom. The summed E-state index contributed by atoms with van der Waals surface area (Å²) in [5.41, 5.74) is 2.68. The molecule has 6 nitrogen and oxygen atoms in total. The number of urea groups is 1. The maximum absolute atomic E-state index is 12.8. The molecule has 0 aliphatic rings. The van der Waals surface area contributed by atoms with E-state index in [2.05, 4.69) is 20.8 Å². The molecule has 0 atom stereocenters. The van der Waals surface area contributed by atoms with Gasteiger partial charge in [-0.3, -0.25) is 0 Å². The minimum atomic E-state index is -0.413. The first-order chi connectivity index (χ1) is 12.1. The van der Waals surface area contributed by atoms with Crippen molar-refractivity contribution >= 4 is 17.4 Å². The Hall–Kier alpha value is -3.48. The molecule has 2 amide bonds. The summed E-state index contributed by atoms with van der Waals surface area (Å²) >= 11 is 0. The number of hydrogen-bond acceptors (Lipinski definition) is 4. The number of methoxy groups -OCH3 is 1. The summed E-state index contributed by atoms with van der Waals surface area (Å²) in [5, 5.41) is 13.3. The molecule has 3 rings (SSSR count). The van der Waals surface area contributed by atoms with Gasteiger partial charge in [0.05, 0.1) is 12.8 Å². The van der Waals surface area contributed by atoms with Crippen molar-refractivity contribution in [2.24, 2.45) is 0 Å². The van der Waals surface area contributed by atoms with Crippen LogP contribution in [0.2, 0.25) is 0 Å². The molecule has 0 aliphatic carbocycles. The number of anilines is 2. The summed E-state index contributed by atoms with van der Waals surface area (Å²) in [4.78, 5) is 11.9. The minimum Gasteiger partial charge on any atom is -0.480 e. The molecule has 0 saturated heterocycles. The molecule has 0 fully saturated rings. The van der Waals surface area contributed by atoms with E-state index in [0.29, 0.717) is 22.9 Å². The summed E-state index contributed by atoms with van der Waals surface area (Å²) < 4.78 is 17.8. The van der Waals surface area contributed by atoms with E-state index in [-0.39, 0.29) is 5.82 Å². The maximum Gasteiger partial charge on any atom is 0.323 e. The number of amides is 2. The van der Waals surface area contributed by atoms with Crippen molar-refractivity contribution in [3.63, 3.8) is 0 Å². The largest absolute Gasteiger partial charge is 0.480 e. The standard InChI is InChI=1S/C18H15FN4O2/c1-25-17-11-10-16(22-23-17)12-2-6-14(7-3-12)20-18(24)21-15-8-4-13(19)5-9-15/h2-11H,1H3,(H2,20,21,24). The number of nitrogens with one attached hydrogen (secondary N) is 2. The third-order valence-electron chi connectivity index (χ3n) is 3.39. The topological polar surface area (TPSA) is 76.1 Å². The Morgan fingerprint density at radius 2 is 1.48 bits per heavy atom. The molecule has 0 saturated carbocycles. The highest BCUT2D eigenvalue weighted by atomic mass is 19.1. The lowest BCUT2D eigenvalue weighted by molar-refractivity contribution is 0.262. The Kier molecular flexibility index (Phi) is 4.84. The molecular formula is C18H15FN4O2. The molecule has 1 aromatic heterocycles.